The highest BCUT2D eigenvalue weighted by atomic mass is 16.4. The standard InChI is InChI=1S/C9H13NO2/c1-7(2)10-6-4-5-8(3)9(11)12/h4-7H,3H2,1-2H3,(H,11,12)/p+1/b5-4-,10-6?. The number of carboxylic acid groups (broad SMARTS) is 1. The molecule has 66 valence electrons. The van der Waals surface area contributed by atoms with E-state index in [0.29, 0.717) is 6.04 Å². The van der Waals surface area contributed by atoms with Crippen LogP contribution in [-0.2, 0) is 4.79 Å². The molecule has 0 fully saturated rings. The number of rotatable bonds is 4. The molecule has 0 radical (unpaired) electrons. The van der Waals surface area contributed by atoms with Gasteiger partial charge in [0, 0.05) is 6.08 Å². The monoisotopic (exact) mass is 168 g/mol. The average molecular weight is 168 g/mol. The first-order valence-electron chi connectivity index (χ1n) is 3.72. The molecule has 0 aliphatic rings. The van der Waals surface area contributed by atoms with Crippen molar-refractivity contribution in [3.05, 3.63) is 24.3 Å². The van der Waals surface area contributed by atoms with Gasteiger partial charge in [-0.05, 0) is 19.9 Å². The van der Waals surface area contributed by atoms with E-state index >= 15 is 0 Å². The molecule has 0 saturated carbocycles. The lowest BCUT2D eigenvalue weighted by Gasteiger charge is -1.86. The Morgan fingerprint density at radius 2 is 2.17 bits per heavy atom. The maximum atomic E-state index is 10.2. The van der Waals surface area contributed by atoms with Gasteiger partial charge in [0.15, 0.2) is 6.21 Å². The molecule has 0 spiro atoms. The largest absolute Gasteiger partial charge is 0.478 e. The van der Waals surface area contributed by atoms with Crippen LogP contribution >= 0.6 is 0 Å². The van der Waals surface area contributed by atoms with Crippen molar-refractivity contribution in [2.75, 3.05) is 0 Å². The minimum atomic E-state index is -0.996. The number of nitrogens with one attached hydrogen (secondary N) is 1. The van der Waals surface area contributed by atoms with Gasteiger partial charge in [0.05, 0.1) is 5.57 Å². The summed E-state index contributed by atoms with van der Waals surface area (Å²) in [6.45, 7) is 7.33. The van der Waals surface area contributed by atoms with E-state index in [4.69, 9.17) is 5.11 Å². The fourth-order valence-corrected chi connectivity index (χ4v) is 0.484. The lowest BCUT2D eigenvalue weighted by molar-refractivity contribution is -0.487. The topological polar surface area (TPSA) is 51.3 Å². The van der Waals surface area contributed by atoms with Crippen LogP contribution in [0.5, 0.6) is 0 Å². The summed E-state index contributed by atoms with van der Waals surface area (Å²) in [6, 6.07) is 0.354. The number of carboxylic acids is 1. The molecular formula is C9H14NO2+. The Bertz CT molecular complexity index is 227. The smallest absolute Gasteiger partial charge is 0.335 e. The molecule has 0 atom stereocenters. The minimum Gasteiger partial charge on any atom is -0.478 e. The third-order valence-electron chi connectivity index (χ3n) is 1.10. The molecule has 0 aromatic heterocycles. The maximum absolute atomic E-state index is 10.2. The Balaban J connectivity index is 3.92. The summed E-state index contributed by atoms with van der Waals surface area (Å²) >= 11 is 0. The first-order chi connectivity index (χ1) is 5.54. The van der Waals surface area contributed by atoms with Crippen LogP contribution in [0.4, 0.5) is 0 Å². The molecule has 0 aromatic carbocycles. The van der Waals surface area contributed by atoms with Crippen LogP contribution in [0.3, 0.4) is 0 Å². The van der Waals surface area contributed by atoms with E-state index < -0.39 is 5.97 Å². The second-order valence-electron chi connectivity index (χ2n) is 2.68. The van der Waals surface area contributed by atoms with Gasteiger partial charge in [0.2, 0.25) is 0 Å². The summed E-state index contributed by atoms with van der Waals surface area (Å²) in [5.41, 5.74) is 0.0804. The first-order valence-corrected chi connectivity index (χ1v) is 3.72. The summed E-state index contributed by atoms with van der Waals surface area (Å²) < 4.78 is 0. The molecule has 3 heteroatoms. The molecule has 0 aliphatic carbocycles. The Morgan fingerprint density at radius 3 is 2.58 bits per heavy atom. The molecule has 0 heterocycles. The van der Waals surface area contributed by atoms with Gasteiger partial charge in [-0.3, -0.25) is 0 Å². The van der Waals surface area contributed by atoms with Crippen molar-refractivity contribution >= 4 is 12.2 Å². The lowest BCUT2D eigenvalue weighted by Crippen LogP contribution is -2.73. The average Bonchev–Trinajstić information content (AvgIpc) is 1.97. The van der Waals surface area contributed by atoms with E-state index in [2.05, 4.69) is 11.6 Å². The molecule has 0 unspecified atom stereocenters. The molecular weight excluding hydrogens is 154 g/mol. The predicted octanol–water partition coefficient (Wildman–Crippen LogP) is -0.257. The Kier molecular flexibility index (Phi) is 4.69. The van der Waals surface area contributed by atoms with E-state index in [1.165, 1.54) is 6.08 Å². The summed E-state index contributed by atoms with van der Waals surface area (Å²) in [6.07, 6.45) is 4.76. The van der Waals surface area contributed by atoms with Crippen molar-refractivity contribution in [3.63, 3.8) is 0 Å². The van der Waals surface area contributed by atoms with Crippen molar-refractivity contribution in [1.29, 1.82) is 0 Å². The van der Waals surface area contributed by atoms with Gasteiger partial charge in [0.25, 0.3) is 0 Å². The van der Waals surface area contributed by atoms with Crippen LogP contribution in [-0.4, -0.2) is 23.3 Å². The van der Waals surface area contributed by atoms with Crippen molar-refractivity contribution in [2.24, 2.45) is 0 Å². The Morgan fingerprint density at radius 1 is 1.58 bits per heavy atom. The van der Waals surface area contributed by atoms with Crippen molar-refractivity contribution in [3.8, 4) is 0 Å². The third-order valence-corrected chi connectivity index (χ3v) is 1.10. The van der Waals surface area contributed by atoms with Crippen LogP contribution in [0, 0.1) is 0 Å². The molecule has 0 aliphatic heterocycles. The zero-order chi connectivity index (χ0) is 9.56. The highest BCUT2D eigenvalue weighted by Gasteiger charge is 1.96. The molecule has 0 saturated heterocycles. The number of aliphatic carboxylic acids is 1. The zero-order valence-corrected chi connectivity index (χ0v) is 7.37. The second-order valence-corrected chi connectivity index (χ2v) is 2.68. The third kappa shape index (κ3) is 5.41. The summed E-state index contributed by atoms with van der Waals surface area (Å²) in [7, 11) is 0. The number of hydrogen-bond donors (Lipinski definition) is 2. The lowest BCUT2D eigenvalue weighted by atomic mass is 10.3. The first kappa shape index (κ1) is 10.6. The molecule has 2 N–H and O–H groups in total. The normalized spacial score (nSPS) is 11.6. The predicted molar refractivity (Wildman–Crippen MR) is 48.1 cm³/mol. The molecule has 0 bridgehead atoms. The van der Waals surface area contributed by atoms with Crippen LogP contribution < -0.4 is 4.99 Å². The van der Waals surface area contributed by atoms with Crippen molar-refractivity contribution in [2.45, 2.75) is 19.9 Å². The van der Waals surface area contributed by atoms with Gasteiger partial charge >= 0.3 is 5.97 Å². The van der Waals surface area contributed by atoms with E-state index in [0.717, 1.165) is 0 Å². The van der Waals surface area contributed by atoms with E-state index in [-0.39, 0.29) is 5.57 Å². The van der Waals surface area contributed by atoms with Crippen molar-refractivity contribution < 1.29 is 14.9 Å². The maximum Gasteiger partial charge on any atom is 0.335 e. The SMILES string of the molecule is C=C(/C=C\C=[NH+]C(C)C)C(=O)O. The van der Waals surface area contributed by atoms with Crippen LogP contribution in [0.25, 0.3) is 0 Å². The van der Waals surface area contributed by atoms with Crippen LogP contribution in [0.15, 0.2) is 24.3 Å². The highest BCUT2D eigenvalue weighted by molar-refractivity contribution is 5.90. The van der Waals surface area contributed by atoms with Gasteiger partial charge in [-0.25, -0.2) is 9.79 Å². The quantitative estimate of drug-likeness (QED) is 0.345. The molecule has 12 heavy (non-hydrogen) atoms. The summed E-state index contributed by atoms with van der Waals surface area (Å²) in [5, 5.41) is 8.41. The fourth-order valence-electron chi connectivity index (χ4n) is 0.484. The van der Waals surface area contributed by atoms with Crippen LogP contribution in [0.1, 0.15) is 13.8 Å². The summed E-state index contributed by atoms with van der Waals surface area (Å²) in [5.74, 6) is -0.996. The number of hydrogen-bond acceptors (Lipinski definition) is 1. The summed E-state index contributed by atoms with van der Waals surface area (Å²) in [4.78, 5) is 13.2. The molecule has 3 nitrogen and oxygen atoms in total. The fraction of sp³-hybridized carbons (Fsp3) is 0.333. The minimum absolute atomic E-state index is 0.0804. The highest BCUT2D eigenvalue weighted by Crippen LogP contribution is 1.89. The van der Waals surface area contributed by atoms with Gasteiger partial charge in [-0.1, -0.05) is 6.58 Å². The van der Waals surface area contributed by atoms with Gasteiger partial charge in [-0.2, -0.15) is 0 Å². The van der Waals surface area contributed by atoms with Crippen LogP contribution in [0.2, 0.25) is 0 Å². The van der Waals surface area contributed by atoms with E-state index in [1.54, 1.807) is 12.3 Å². The van der Waals surface area contributed by atoms with Crippen molar-refractivity contribution in [1.82, 2.24) is 0 Å². The molecule has 0 aromatic rings. The Hall–Kier alpha value is -1.38. The number of allylic oxidation sites excluding steroid dienone is 1. The van der Waals surface area contributed by atoms with E-state index in [9.17, 15) is 4.79 Å². The molecule has 0 amide bonds. The van der Waals surface area contributed by atoms with Gasteiger partial charge in [-0.15, -0.1) is 0 Å². The van der Waals surface area contributed by atoms with Gasteiger partial charge in [0.1, 0.15) is 6.04 Å². The number of carbonyl (C=O) groups is 1. The van der Waals surface area contributed by atoms with Gasteiger partial charge < -0.3 is 5.11 Å². The van der Waals surface area contributed by atoms with E-state index in [1.807, 2.05) is 13.8 Å². The molecule has 0 rings (SSSR count). The Labute approximate surface area is 72.1 Å². The zero-order valence-electron chi connectivity index (χ0n) is 7.37. The second kappa shape index (κ2) is 5.29.